The molecule has 4 nitrogen and oxygen atoms in total. The smallest absolute Gasteiger partial charge is 0.0950 e. The van der Waals surface area contributed by atoms with Crippen LogP contribution in [0.1, 0.15) is 18.5 Å². The fourth-order valence-corrected chi connectivity index (χ4v) is 2.54. The normalized spacial score (nSPS) is 25.8. The lowest BCUT2D eigenvalue weighted by atomic mass is 10.0. The Morgan fingerprint density at radius 3 is 2.94 bits per heavy atom. The van der Waals surface area contributed by atoms with Gasteiger partial charge in [-0.15, -0.1) is 0 Å². The van der Waals surface area contributed by atoms with E-state index in [1.807, 2.05) is 12.3 Å². The fraction of sp³-hybridized carbons (Fsp3) is 0.667. The van der Waals surface area contributed by atoms with Crippen molar-refractivity contribution in [2.75, 3.05) is 33.2 Å². The van der Waals surface area contributed by atoms with Gasteiger partial charge in [-0.1, -0.05) is 0 Å². The summed E-state index contributed by atoms with van der Waals surface area (Å²) in [5.74, 6) is 0. The number of hydrogen-bond donors (Lipinski definition) is 1. The first kappa shape index (κ1) is 11.6. The van der Waals surface area contributed by atoms with E-state index in [0.29, 0.717) is 18.6 Å². The number of nitrogens with two attached hydrogens (primary N) is 1. The van der Waals surface area contributed by atoms with E-state index >= 15 is 0 Å². The van der Waals surface area contributed by atoms with E-state index in [2.05, 4.69) is 23.8 Å². The van der Waals surface area contributed by atoms with Crippen molar-refractivity contribution in [2.45, 2.75) is 19.0 Å². The van der Waals surface area contributed by atoms with E-state index in [1.54, 1.807) is 6.26 Å². The van der Waals surface area contributed by atoms with Gasteiger partial charge in [0.25, 0.3) is 0 Å². The molecular weight excluding hydrogens is 202 g/mol. The second kappa shape index (κ2) is 4.99. The molecule has 1 aromatic heterocycles. The Balaban J connectivity index is 2.10. The van der Waals surface area contributed by atoms with Crippen molar-refractivity contribution in [1.82, 2.24) is 9.80 Å². The summed E-state index contributed by atoms with van der Waals surface area (Å²) in [4.78, 5) is 4.84. The van der Waals surface area contributed by atoms with Crippen LogP contribution in [0.3, 0.4) is 0 Å². The molecule has 2 heterocycles. The molecule has 0 aliphatic carbocycles. The summed E-state index contributed by atoms with van der Waals surface area (Å²) < 4.78 is 5.15. The summed E-state index contributed by atoms with van der Waals surface area (Å²) in [5, 5.41) is 0. The van der Waals surface area contributed by atoms with E-state index in [1.165, 1.54) is 5.56 Å². The molecule has 0 radical (unpaired) electrons. The maximum absolute atomic E-state index is 5.89. The van der Waals surface area contributed by atoms with Gasteiger partial charge in [0, 0.05) is 37.8 Å². The fourth-order valence-electron chi connectivity index (χ4n) is 2.54. The molecule has 2 rings (SSSR count). The minimum atomic E-state index is 0.294. The summed E-state index contributed by atoms with van der Waals surface area (Å²) >= 11 is 0. The zero-order valence-corrected chi connectivity index (χ0v) is 10.1. The summed E-state index contributed by atoms with van der Waals surface area (Å²) in [6.45, 7) is 6.20. The predicted molar refractivity (Wildman–Crippen MR) is 64.2 cm³/mol. The van der Waals surface area contributed by atoms with Crippen LogP contribution < -0.4 is 5.73 Å². The Morgan fingerprint density at radius 2 is 2.38 bits per heavy atom. The SMILES string of the molecule is CC1CN(C)CCN1C(CN)c1ccoc1. The molecule has 0 bridgehead atoms. The van der Waals surface area contributed by atoms with E-state index in [4.69, 9.17) is 10.2 Å². The quantitative estimate of drug-likeness (QED) is 0.827. The van der Waals surface area contributed by atoms with Gasteiger partial charge in [0.05, 0.1) is 18.6 Å². The molecule has 4 heteroatoms. The van der Waals surface area contributed by atoms with Gasteiger partial charge in [-0.3, -0.25) is 4.90 Å². The number of nitrogens with zero attached hydrogens (tertiary/aromatic N) is 2. The molecule has 1 fully saturated rings. The van der Waals surface area contributed by atoms with Gasteiger partial charge in [0.15, 0.2) is 0 Å². The minimum Gasteiger partial charge on any atom is -0.472 e. The van der Waals surface area contributed by atoms with Crippen molar-refractivity contribution < 1.29 is 4.42 Å². The first-order valence-corrected chi connectivity index (χ1v) is 5.89. The molecule has 0 spiro atoms. The Kier molecular flexibility index (Phi) is 3.63. The number of hydrogen-bond acceptors (Lipinski definition) is 4. The lowest BCUT2D eigenvalue weighted by Crippen LogP contribution is -2.52. The van der Waals surface area contributed by atoms with Crippen LogP contribution >= 0.6 is 0 Å². The first-order valence-electron chi connectivity index (χ1n) is 5.89. The zero-order chi connectivity index (χ0) is 11.5. The summed E-state index contributed by atoms with van der Waals surface area (Å²) in [6.07, 6.45) is 3.53. The van der Waals surface area contributed by atoms with Crippen LogP contribution in [0.4, 0.5) is 0 Å². The molecular formula is C12H21N3O. The Labute approximate surface area is 97.0 Å². The lowest BCUT2D eigenvalue weighted by Gasteiger charge is -2.42. The number of furan rings is 1. The molecule has 0 saturated carbocycles. The predicted octanol–water partition coefficient (Wildman–Crippen LogP) is 0.915. The number of rotatable bonds is 3. The van der Waals surface area contributed by atoms with E-state index in [9.17, 15) is 0 Å². The maximum Gasteiger partial charge on any atom is 0.0950 e. The van der Waals surface area contributed by atoms with Gasteiger partial charge >= 0.3 is 0 Å². The van der Waals surface area contributed by atoms with Gasteiger partial charge < -0.3 is 15.1 Å². The maximum atomic E-state index is 5.89. The third kappa shape index (κ3) is 2.29. The van der Waals surface area contributed by atoms with Crippen LogP contribution in [0.2, 0.25) is 0 Å². The molecule has 1 aliphatic rings. The Hall–Kier alpha value is -0.840. The monoisotopic (exact) mass is 223 g/mol. The van der Waals surface area contributed by atoms with Gasteiger partial charge in [0.1, 0.15) is 0 Å². The van der Waals surface area contributed by atoms with Crippen molar-refractivity contribution in [3.05, 3.63) is 24.2 Å². The van der Waals surface area contributed by atoms with Crippen LogP contribution in [0.25, 0.3) is 0 Å². The lowest BCUT2D eigenvalue weighted by molar-refractivity contribution is 0.0633. The highest BCUT2D eigenvalue weighted by molar-refractivity contribution is 5.13. The molecule has 16 heavy (non-hydrogen) atoms. The highest BCUT2D eigenvalue weighted by atomic mass is 16.3. The van der Waals surface area contributed by atoms with E-state index < -0.39 is 0 Å². The average molecular weight is 223 g/mol. The molecule has 0 aromatic carbocycles. The molecule has 2 unspecified atom stereocenters. The summed E-state index contributed by atoms with van der Waals surface area (Å²) in [6, 6.07) is 2.85. The van der Waals surface area contributed by atoms with Gasteiger partial charge in [0.2, 0.25) is 0 Å². The summed E-state index contributed by atoms with van der Waals surface area (Å²) in [5.41, 5.74) is 7.09. The van der Waals surface area contributed by atoms with Crippen molar-refractivity contribution >= 4 is 0 Å². The highest BCUT2D eigenvalue weighted by Crippen LogP contribution is 2.24. The first-order chi connectivity index (χ1) is 7.72. The molecule has 1 aromatic rings. The molecule has 2 atom stereocenters. The van der Waals surface area contributed by atoms with Crippen LogP contribution in [-0.4, -0.2) is 49.1 Å². The van der Waals surface area contributed by atoms with Crippen LogP contribution in [0.15, 0.2) is 23.0 Å². The molecule has 2 N–H and O–H groups in total. The van der Waals surface area contributed by atoms with Crippen molar-refractivity contribution in [3.63, 3.8) is 0 Å². The standard InChI is InChI=1S/C12H21N3O/c1-10-8-14(2)4-5-15(10)12(7-13)11-3-6-16-9-11/h3,6,9-10,12H,4-5,7-8,13H2,1-2H3. The van der Waals surface area contributed by atoms with Crippen molar-refractivity contribution in [3.8, 4) is 0 Å². The average Bonchev–Trinajstić information content (AvgIpc) is 2.75. The zero-order valence-electron chi connectivity index (χ0n) is 10.1. The molecule has 1 saturated heterocycles. The van der Waals surface area contributed by atoms with Gasteiger partial charge in [-0.25, -0.2) is 0 Å². The van der Waals surface area contributed by atoms with Crippen molar-refractivity contribution in [2.24, 2.45) is 5.73 Å². The topological polar surface area (TPSA) is 45.6 Å². The van der Waals surface area contributed by atoms with Gasteiger partial charge in [-0.2, -0.15) is 0 Å². The Bertz CT molecular complexity index is 312. The minimum absolute atomic E-state index is 0.294. The second-order valence-electron chi connectivity index (χ2n) is 4.66. The number of likely N-dealkylation sites (N-methyl/N-ethyl adjacent to an activating group) is 1. The summed E-state index contributed by atoms with van der Waals surface area (Å²) in [7, 11) is 2.17. The van der Waals surface area contributed by atoms with Crippen LogP contribution in [-0.2, 0) is 0 Å². The Morgan fingerprint density at radius 1 is 1.56 bits per heavy atom. The largest absolute Gasteiger partial charge is 0.472 e. The van der Waals surface area contributed by atoms with Gasteiger partial charge in [-0.05, 0) is 20.0 Å². The van der Waals surface area contributed by atoms with Crippen molar-refractivity contribution in [1.29, 1.82) is 0 Å². The van der Waals surface area contributed by atoms with Crippen LogP contribution in [0.5, 0.6) is 0 Å². The van der Waals surface area contributed by atoms with E-state index in [-0.39, 0.29) is 0 Å². The molecule has 0 amide bonds. The second-order valence-corrected chi connectivity index (χ2v) is 4.66. The number of piperazine rings is 1. The molecule has 90 valence electrons. The van der Waals surface area contributed by atoms with Crippen LogP contribution in [0, 0.1) is 0 Å². The molecule has 1 aliphatic heterocycles. The highest BCUT2D eigenvalue weighted by Gasteiger charge is 2.28. The third-order valence-corrected chi connectivity index (χ3v) is 3.43. The van der Waals surface area contributed by atoms with E-state index in [0.717, 1.165) is 19.6 Å². The third-order valence-electron chi connectivity index (χ3n) is 3.43.